The maximum Gasteiger partial charge on any atom is 0.299 e. The van der Waals surface area contributed by atoms with Crippen molar-refractivity contribution in [3.05, 3.63) is 37.2 Å². The Labute approximate surface area is 131 Å². The number of aromatic nitrogens is 2. The Kier molecular flexibility index (Phi) is 3.35. The number of nitrogens with zero attached hydrogens (tertiary/aromatic N) is 3. The van der Waals surface area contributed by atoms with E-state index in [0.717, 1.165) is 10.0 Å². The van der Waals surface area contributed by atoms with Crippen LogP contribution >= 0.6 is 38.9 Å². The van der Waals surface area contributed by atoms with E-state index >= 15 is 0 Å². The Hall–Kier alpha value is -1.31. The Morgan fingerprint density at radius 1 is 1.35 bits per heavy atom. The molecule has 2 heterocycles. The third kappa shape index (κ3) is 2.15. The smallest absolute Gasteiger partial charge is 0.298 e. The first-order valence-electron chi connectivity index (χ1n) is 5.61. The van der Waals surface area contributed by atoms with Crippen molar-refractivity contribution in [1.82, 2.24) is 10.2 Å². The molecule has 0 N–H and O–H groups in total. The summed E-state index contributed by atoms with van der Waals surface area (Å²) in [5, 5.41) is 8.17. The van der Waals surface area contributed by atoms with E-state index < -0.39 is 11.7 Å². The molecular weight excluding hydrogens is 366 g/mol. The summed E-state index contributed by atoms with van der Waals surface area (Å²) in [6.45, 7) is 2.06. The van der Waals surface area contributed by atoms with Crippen LogP contribution in [0.2, 0.25) is 4.47 Å². The van der Waals surface area contributed by atoms with Gasteiger partial charge < -0.3 is 0 Å². The molecule has 1 amide bonds. The highest BCUT2D eigenvalue weighted by Crippen LogP contribution is 2.36. The maximum atomic E-state index is 12.1. The number of rotatable bonds is 2. The lowest BCUT2D eigenvalue weighted by Crippen LogP contribution is -2.29. The first-order chi connectivity index (χ1) is 9.47. The number of fused-ring (bicyclic) bond motifs is 1. The quantitative estimate of drug-likeness (QED) is 0.760. The normalized spacial score (nSPS) is 14.1. The molecule has 20 heavy (non-hydrogen) atoms. The van der Waals surface area contributed by atoms with Gasteiger partial charge in [-0.1, -0.05) is 27.3 Å². The fraction of sp³-hybridized carbons (Fsp3) is 0.167. The Morgan fingerprint density at radius 3 is 2.75 bits per heavy atom. The second-order valence-electron chi connectivity index (χ2n) is 4.29. The number of aryl methyl sites for hydroxylation is 1. The number of Topliss-reactive ketones (excluding diaryl/α,β-unsaturated/α-hetero) is 1. The minimum Gasteiger partial charge on any atom is -0.298 e. The summed E-state index contributed by atoms with van der Waals surface area (Å²) in [6, 6.07) is 3.53. The van der Waals surface area contributed by atoms with Crippen molar-refractivity contribution >= 4 is 56.2 Å². The number of ketones is 1. The van der Waals surface area contributed by atoms with Gasteiger partial charge in [-0.3, -0.25) is 14.5 Å². The number of hydrogen-bond donors (Lipinski definition) is 0. The van der Waals surface area contributed by atoms with Gasteiger partial charge >= 0.3 is 0 Å². The largest absolute Gasteiger partial charge is 0.299 e. The summed E-state index contributed by atoms with van der Waals surface area (Å²) >= 11 is 10.3. The average Bonchev–Trinajstić information content (AvgIpc) is 2.88. The molecule has 1 aliphatic rings. The van der Waals surface area contributed by atoms with Crippen LogP contribution in [-0.4, -0.2) is 21.9 Å². The number of benzene rings is 1. The topological polar surface area (TPSA) is 63.2 Å². The summed E-state index contributed by atoms with van der Waals surface area (Å²) in [5.41, 5.74) is 1.90. The Bertz CT molecular complexity index is 746. The van der Waals surface area contributed by atoms with Gasteiger partial charge in [0.25, 0.3) is 11.7 Å². The summed E-state index contributed by atoms with van der Waals surface area (Å²) in [7, 11) is 0. The highest BCUT2D eigenvalue weighted by Gasteiger charge is 2.37. The van der Waals surface area contributed by atoms with Gasteiger partial charge in [-0.25, -0.2) is 0 Å². The van der Waals surface area contributed by atoms with Gasteiger partial charge in [0.1, 0.15) is 5.01 Å². The standard InChI is InChI=1S/C12H7BrClN3O2S/c1-5-2-6(13)3-7-9(5)17(11(19)10(7)18)4-8-15-16-12(14)20-8/h2-3H,4H2,1H3. The molecule has 0 saturated carbocycles. The Morgan fingerprint density at radius 2 is 2.10 bits per heavy atom. The zero-order chi connectivity index (χ0) is 14.4. The van der Waals surface area contributed by atoms with E-state index in [9.17, 15) is 9.59 Å². The lowest BCUT2D eigenvalue weighted by Gasteiger charge is -2.16. The number of anilines is 1. The van der Waals surface area contributed by atoms with Gasteiger partial charge in [0.05, 0.1) is 17.8 Å². The predicted molar refractivity (Wildman–Crippen MR) is 79.3 cm³/mol. The average molecular weight is 373 g/mol. The van der Waals surface area contributed by atoms with Crippen LogP contribution in [0.1, 0.15) is 20.9 Å². The molecule has 0 fully saturated rings. The lowest BCUT2D eigenvalue weighted by molar-refractivity contribution is -0.114. The maximum absolute atomic E-state index is 12.1. The zero-order valence-corrected chi connectivity index (χ0v) is 13.3. The first-order valence-corrected chi connectivity index (χ1v) is 7.60. The number of halogens is 2. The first kappa shape index (κ1) is 13.7. The van der Waals surface area contributed by atoms with Crippen LogP contribution in [0.15, 0.2) is 16.6 Å². The second kappa shape index (κ2) is 4.91. The minimum absolute atomic E-state index is 0.199. The Balaban J connectivity index is 2.06. The molecule has 102 valence electrons. The minimum atomic E-state index is -0.549. The molecule has 1 aromatic carbocycles. The van der Waals surface area contributed by atoms with Crippen LogP contribution in [0.4, 0.5) is 5.69 Å². The van der Waals surface area contributed by atoms with Crippen molar-refractivity contribution in [2.45, 2.75) is 13.5 Å². The van der Waals surface area contributed by atoms with Gasteiger partial charge in [0.15, 0.2) is 0 Å². The van der Waals surface area contributed by atoms with Gasteiger partial charge in [-0.15, -0.1) is 10.2 Å². The van der Waals surface area contributed by atoms with E-state index in [2.05, 4.69) is 26.1 Å². The molecule has 0 unspecified atom stereocenters. The molecule has 0 saturated heterocycles. The van der Waals surface area contributed by atoms with Crippen LogP contribution in [0.5, 0.6) is 0 Å². The third-order valence-corrected chi connectivity index (χ3v) is 4.42. The van der Waals surface area contributed by atoms with Crippen molar-refractivity contribution in [2.75, 3.05) is 4.90 Å². The van der Waals surface area contributed by atoms with Gasteiger partial charge in [0, 0.05) is 4.47 Å². The van der Waals surface area contributed by atoms with Crippen molar-refractivity contribution in [1.29, 1.82) is 0 Å². The summed E-state index contributed by atoms with van der Waals surface area (Å²) in [6.07, 6.45) is 0. The number of amides is 1. The molecule has 0 atom stereocenters. The van der Waals surface area contributed by atoms with E-state index in [0.29, 0.717) is 20.7 Å². The molecule has 0 radical (unpaired) electrons. The van der Waals surface area contributed by atoms with Gasteiger partial charge in [0.2, 0.25) is 4.47 Å². The molecule has 1 aromatic heterocycles. The molecule has 3 rings (SSSR count). The van der Waals surface area contributed by atoms with E-state index in [1.54, 1.807) is 6.07 Å². The molecule has 0 aliphatic carbocycles. The van der Waals surface area contributed by atoms with Crippen LogP contribution in [0.25, 0.3) is 0 Å². The van der Waals surface area contributed by atoms with E-state index in [1.165, 1.54) is 16.2 Å². The highest BCUT2D eigenvalue weighted by atomic mass is 79.9. The van der Waals surface area contributed by atoms with Crippen molar-refractivity contribution in [3.8, 4) is 0 Å². The summed E-state index contributed by atoms with van der Waals surface area (Å²) < 4.78 is 1.08. The third-order valence-electron chi connectivity index (χ3n) is 2.95. The molecule has 0 bridgehead atoms. The zero-order valence-electron chi connectivity index (χ0n) is 10.2. The number of carbonyl (C=O) groups is 2. The SMILES string of the molecule is Cc1cc(Br)cc2c1N(Cc1nnc(Cl)s1)C(=O)C2=O. The van der Waals surface area contributed by atoms with E-state index in [1.807, 2.05) is 13.0 Å². The van der Waals surface area contributed by atoms with Crippen molar-refractivity contribution in [3.63, 3.8) is 0 Å². The summed E-state index contributed by atoms with van der Waals surface area (Å²) in [4.78, 5) is 25.6. The van der Waals surface area contributed by atoms with Crippen LogP contribution < -0.4 is 4.90 Å². The lowest BCUT2D eigenvalue weighted by atomic mass is 10.1. The van der Waals surface area contributed by atoms with Gasteiger partial charge in [-0.2, -0.15) is 0 Å². The van der Waals surface area contributed by atoms with Crippen molar-refractivity contribution in [2.24, 2.45) is 0 Å². The monoisotopic (exact) mass is 371 g/mol. The molecule has 8 heteroatoms. The van der Waals surface area contributed by atoms with Gasteiger partial charge in [-0.05, 0) is 36.2 Å². The molecule has 2 aromatic rings. The fourth-order valence-electron chi connectivity index (χ4n) is 2.19. The summed E-state index contributed by atoms with van der Waals surface area (Å²) in [5.74, 6) is -1.05. The molecule has 0 spiro atoms. The van der Waals surface area contributed by atoms with Crippen LogP contribution in [0, 0.1) is 6.92 Å². The van der Waals surface area contributed by atoms with Crippen LogP contribution in [-0.2, 0) is 11.3 Å². The van der Waals surface area contributed by atoms with E-state index in [-0.39, 0.29) is 6.54 Å². The number of carbonyl (C=O) groups excluding carboxylic acids is 2. The van der Waals surface area contributed by atoms with Crippen molar-refractivity contribution < 1.29 is 9.59 Å². The fourth-order valence-corrected chi connectivity index (χ4v) is 3.62. The van der Waals surface area contributed by atoms with E-state index in [4.69, 9.17) is 11.6 Å². The van der Waals surface area contributed by atoms with Crippen LogP contribution in [0.3, 0.4) is 0 Å². The second-order valence-corrected chi connectivity index (χ2v) is 6.85. The highest BCUT2D eigenvalue weighted by molar-refractivity contribution is 9.10. The molecular formula is C12H7BrClN3O2S. The number of hydrogen-bond acceptors (Lipinski definition) is 5. The molecule has 5 nitrogen and oxygen atoms in total. The molecule has 1 aliphatic heterocycles. The predicted octanol–water partition coefficient (Wildman–Crippen LogP) is 2.99.